The Hall–Kier alpha value is -0.0800. The molecule has 0 spiro atoms. The molecule has 2 aliphatic rings. The van der Waals surface area contributed by atoms with Gasteiger partial charge in [-0.2, -0.15) is 0 Å². The van der Waals surface area contributed by atoms with Gasteiger partial charge in [0, 0.05) is 19.1 Å². The Morgan fingerprint density at radius 1 is 1.31 bits per heavy atom. The minimum Gasteiger partial charge on any atom is -0.314 e. The van der Waals surface area contributed by atoms with Crippen molar-refractivity contribution in [3.63, 3.8) is 0 Å². The van der Waals surface area contributed by atoms with Gasteiger partial charge in [0.05, 0.1) is 0 Å². The molecule has 76 valence electrons. The first-order chi connectivity index (χ1) is 6.38. The Morgan fingerprint density at radius 2 is 2.08 bits per heavy atom. The minimum atomic E-state index is 0.889. The summed E-state index contributed by atoms with van der Waals surface area (Å²) >= 11 is 0. The Labute approximate surface area is 81.7 Å². The first-order valence-corrected chi connectivity index (χ1v) is 5.84. The van der Waals surface area contributed by atoms with E-state index >= 15 is 0 Å². The summed E-state index contributed by atoms with van der Waals surface area (Å²) < 4.78 is 0. The molecule has 0 bridgehead atoms. The van der Waals surface area contributed by atoms with Gasteiger partial charge in [-0.15, -0.1) is 0 Å². The molecular formula is C11H22N2. The SMILES string of the molecule is CCC1CN(CCCNC2CC2)C1. The van der Waals surface area contributed by atoms with E-state index in [1.165, 1.54) is 51.9 Å². The average molecular weight is 182 g/mol. The van der Waals surface area contributed by atoms with Gasteiger partial charge >= 0.3 is 0 Å². The zero-order chi connectivity index (χ0) is 9.10. The van der Waals surface area contributed by atoms with E-state index in [2.05, 4.69) is 17.1 Å². The van der Waals surface area contributed by atoms with E-state index in [1.54, 1.807) is 0 Å². The fraction of sp³-hybridized carbons (Fsp3) is 1.00. The molecule has 2 nitrogen and oxygen atoms in total. The van der Waals surface area contributed by atoms with Crippen molar-refractivity contribution in [2.45, 2.75) is 38.6 Å². The maximum absolute atomic E-state index is 3.56. The highest BCUT2D eigenvalue weighted by Gasteiger charge is 2.24. The zero-order valence-electron chi connectivity index (χ0n) is 8.76. The maximum atomic E-state index is 3.56. The number of rotatable bonds is 6. The first kappa shape index (κ1) is 9.47. The summed E-state index contributed by atoms with van der Waals surface area (Å²) in [5.74, 6) is 1.01. The quantitative estimate of drug-likeness (QED) is 0.626. The molecule has 13 heavy (non-hydrogen) atoms. The van der Waals surface area contributed by atoms with E-state index < -0.39 is 0 Å². The molecule has 1 N–H and O–H groups in total. The van der Waals surface area contributed by atoms with E-state index in [0.29, 0.717) is 0 Å². The van der Waals surface area contributed by atoms with Crippen LogP contribution in [0.2, 0.25) is 0 Å². The third-order valence-corrected chi connectivity index (χ3v) is 3.27. The van der Waals surface area contributed by atoms with Crippen LogP contribution in [0, 0.1) is 5.92 Å². The van der Waals surface area contributed by atoms with Gasteiger partial charge in [-0.05, 0) is 38.3 Å². The smallest absolute Gasteiger partial charge is 0.00682 e. The van der Waals surface area contributed by atoms with Gasteiger partial charge in [-0.25, -0.2) is 0 Å². The molecule has 1 heterocycles. The van der Waals surface area contributed by atoms with Crippen LogP contribution in [0.25, 0.3) is 0 Å². The zero-order valence-corrected chi connectivity index (χ0v) is 8.76. The molecule has 0 amide bonds. The van der Waals surface area contributed by atoms with Crippen molar-refractivity contribution in [3.8, 4) is 0 Å². The molecule has 2 rings (SSSR count). The van der Waals surface area contributed by atoms with Crippen molar-refractivity contribution in [3.05, 3.63) is 0 Å². The van der Waals surface area contributed by atoms with Crippen LogP contribution in [0.3, 0.4) is 0 Å². The summed E-state index contributed by atoms with van der Waals surface area (Å²) in [6, 6.07) is 0.889. The van der Waals surface area contributed by atoms with Crippen LogP contribution in [-0.4, -0.2) is 37.1 Å². The van der Waals surface area contributed by atoms with Crippen molar-refractivity contribution in [2.75, 3.05) is 26.2 Å². The second-order valence-corrected chi connectivity index (χ2v) is 4.62. The van der Waals surface area contributed by atoms with Crippen molar-refractivity contribution >= 4 is 0 Å². The second-order valence-electron chi connectivity index (χ2n) is 4.62. The summed E-state index contributed by atoms with van der Waals surface area (Å²) in [7, 11) is 0. The molecule has 0 atom stereocenters. The van der Waals surface area contributed by atoms with Crippen LogP contribution in [0.15, 0.2) is 0 Å². The normalized spacial score (nSPS) is 24.7. The Bertz CT molecular complexity index is 148. The molecule has 0 aromatic heterocycles. The summed E-state index contributed by atoms with van der Waals surface area (Å²) in [4.78, 5) is 2.59. The van der Waals surface area contributed by atoms with Crippen LogP contribution < -0.4 is 5.32 Å². The highest BCUT2D eigenvalue weighted by Crippen LogP contribution is 2.19. The van der Waals surface area contributed by atoms with Crippen molar-refractivity contribution in [1.29, 1.82) is 0 Å². The van der Waals surface area contributed by atoms with E-state index in [1.807, 2.05) is 0 Å². The number of hydrogen-bond acceptors (Lipinski definition) is 2. The van der Waals surface area contributed by atoms with Gasteiger partial charge in [0.2, 0.25) is 0 Å². The number of likely N-dealkylation sites (tertiary alicyclic amines) is 1. The lowest BCUT2D eigenvalue weighted by Crippen LogP contribution is -2.47. The van der Waals surface area contributed by atoms with Gasteiger partial charge in [0.25, 0.3) is 0 Å². The van der Waals surface area contributed by atoms with E-state index in [4.69, 9.17) is 0 Å². The van der Waals surface area contributed by atoms with Crippen LogP contribution in [-0.2, 0) is 0 Å². The second kappa shape index (κ2) is 4.43. The van der Waals surface area contributed by atoms with Gasteiger partial charge in [0.15, 0.2) is 0 Å². The maximum Gasteiger partial charge on any atom is 0.00682 e. The highest BCUT2D eigenvalue weighted by molar-refractivity contribution is 4.82. The van der Waals surface area contributed by atoms with E-state index in [0.717, 1.165) is 12.0 Å². The van der Waals surface area contributed by atoms with Crippen molar-refractivity contribution < 1.29 is 0 Å². The van der Waals surface area contributed by atoms with E-state index in [9.17, 15) is 0 Å². The summed E-state index contributed by atoms with van der Waals surface area (Å²) in [6.45, 7) is 7.57. The molecule has 1 aliphatic heterocycles. The largest absolute Gasteiger partial charge is 0.314 e. The van der Waals surface area contributed by atoms with Crippen molar-refractivity contribution in [1.82, 2.24) is 10.2 Å². The van der Waals surface area contributed by atoms with Crippen LogP contribution in [0.4, 0.5) is 0 Å². The first-order valence-electron chi connectivity index (χ1n) is 5.84. The molecule has 0 aromatic rings. The molecule has 1 saturated heterocycles. The lowest BCUT2D eigenvalue weighted by Gasteiger charge is -2.38. The standard InChI is InChI=1S/C11H22N2/c1-2-10-8-13(9-10)7-3-6-12-11-4-5-11/h10-12H,2-9H2,1H3. The summed E-state index contributed by atoms with van der Waals surface area (Å²) in [5.41, 5.74) is 0. The molecule has 0 unspecified atom stereocenters. The Morgan fingerprint density at radius 3 is 2.69 bits per heavy atom. The Balaban J connectivity index is 1.41. The predicted octanol–water partition coefficient (Wildman–Crippen LogP) is 1.47. The van der Waals surface area contributed by atoms with Crippen LogP contribution in [0.1, 0.15) is 32.6 Å². The molecule has 1 aliphatic carbocycles. The average Bonchev–Trinajstić information content (AvgIpc) is 2.84. The predicted molar refractivity (Wildman–Crippen MR) is 55.9 cm³/mol. The molecular weight excluding hydrogens is 160 g/mol. The summed E-state index contributed by atoms with van der Waals surface area (Å²) in [6.07, 6.45) is 5.55. The minimum absolute atomic E-state index is 0.889. The van der Waals surface area contributed by atoms with Gasteiger partial charge in [-0.1, -0.05) is 13.3 Å². The third-order valence-electron chi connectivity index (χ3n) is 3.27. The monoisotopic (exact) mass is 182 g/mol. The lowest BCUT2D eigenvalue weighted by molar-refractivity contribution is 0.0966. The van der Waals surface area contributed by atoms with Gasteiger partial charge in [0.1, 0.15) is 0 Å². The third kappa shape index (κ3) is 2.96. The number of nitrogens with one attached hydrogen (secondary N) is 1. The fourth-order valence-corrected chi connectivity index (χ4v) is 2.01. The molecule has 1 saturated carbocycles. The van der Waals surface area contributed by atoms with Gasteiger partial charge < -0.3 is 10.2 Å². The van der Waals surface area contributed by atoms with Crippen molar-refractivity contribution in [2.24, 2.45) is 5.92 Å². The highest BCUT2D eigenvalue weighted by atomic mass is 15.2. The number of hydrogen-bond donors (Lipinski definition) is 1. The van der Waals surface area contributed by atoms with Gasteiger partial charge in [-0.3, -0.25) is 0 Å². The fourth-order valence-electron chi connectivity index (χ4n) is 2.01. The summed E-state index contributed by atoms with van der Waals surface area (Å²) in [5, 5.41) is 3.56. The van der Waals surface area contributed by atoms with Crippen LogP contribution in [0.5, 0.6) is 0 Å². The Kier molecular flexibility index (Phi) is 3.23. The molecule has 0 aromatic carbocycles. The van der Waals surface area contributed by atoms with Crippen LogP contribution >= 0.6 is 0 Å². The topological polar surface area (TPSA) is 15.3 Å². The van der Waals surface area contributed by atoms with E-state index in [-0.39, 0.29) is 0 Å². The molecule has 0 radical (unpaired) electrons. The lowest BCUT2D eigenvalue weighted by atomic mass is 9.97. The molecule has 2 fully saturated rings. The number of nitrogens with zero attached hydrogens (tertiary/aromatic N) is 1. The molecule has 2 heteroatoms.